The number of nitrogens with zero attached hydrogens (tertiary/aromatic N) is 1. The maximum Gasteiger partial charge on any atom is 0.250 e. The van der Waals surface area contributed by atoms with Crippen LogP contribution in [0.2, 0.25) is 0 Å². The fourth-order valence-corrected chi connectivity index (χ4v) is 3.97. The number of primary amides is 1. The van der Waals surface area contributed by atoms with E-state index in [0.717, 1.165) is 39.2 Å². The molecule has 3 heteroatoms. The molecule has 0 aliphatic carbocycles. The van der Waals surface area contributed by atoms with Crippen molar-refractivity contribution in [2.24, 2.45) is 5.73 Å². The topological polar surface area (TPSA) is 47.5 Å². The minimum absolute atomic E-state index is 0.432. The molecule has 3 aromatic carbocycles. The number of fused-ring (bicyclic) bond motifs is 1. The van der Waals surface area contributed by atoms with Crippen LogP contribution in [0.5, 0.6) is 0 Å². The quantitative estimate of drug-likeness (QED) is 0.401. The first-order chi connectivity index (χ1) is 14.7. The van der Waals surface area contributed by atoms with Gasteiger partial charge in [-0.1, -0.05) is 91.0 Å². The molecular formula is C27H20N2O. The molecule has 5 aromatic rings. The number of pyridine rings is 1. The van der Waals surface area contributed by atoms with Crippen molar-refractivity contribution in [3.63, 3.8) is 0 Å². The molecule has 0 fully saturated rings. The summed E-state index contributed by atoms with van der Waals surface area (Å²) in [5.41, 5.74) is 13.3. The van der Waals surface area contributed by atoms with Gasteiger partial charge in [-0.15, -0.1) is 0 Å². The van der Waals surface area contributed by atoms with Gasteiger partial charge in [0.05, 0.1) is 22.5 Å². The van der Waals surface area contributed by atoms with Gasteiger partial charge in [0, 0.05) is 0 Å². The monoisotopic (exact) mass is 388 g/mol. The van der Waals surface area contributed by atoms with Gasteiger partial charge in [-0.2, -0.15) is 0 Å². The van der Waals surface area contributed by atoms with Crippen LogP contribution in [0.4, 0.5) is 0 Å². The summed E-state index contributed by atoms with van der Waals surface area (Å²) in [5, 5.41) is 0. The molecule has 1 amide bonds. The molecule has 0 atom stereocenters. The number of benzene rings is 3. The first-order valence-electron chi connectivity index (χ1n) is 9.88. The summed E-state index contributed by atoms with van der Waals surface area (Å²) in [4.78, 5) is 12.4. The SMILES string of the molecule is NC(=O)c1cc(-c2ccccc2)n2c(-c3ccccc3)cc(-c3ccccc3)cc12. The minimum atomic E-state index is -0.432. The molecular weight excluding hydrogens is 368 g/mol. The molecule has 0 spiro atoms. The molecule has 2 heterocycles. The third-order valence-corrected chi connectivity index (χ3v) is 5.38. The standard InChI is InChI=1S/C27H20N2O/c28-27(30)23-18-25(21-14-8-3-9-15-21)29-24(20-12-6-2-7-13-20)16-22(17-26(23)29)19-10-4-1-5-11-19/h1-18H,(H2,28,30). The second-order valence-electron chi connectivity index (χ2n) is 7.26. The summed E-state index contributed by atoms with van der Waals surface area (Å²) in [6.45, 7) is 0. The lowest BCUT2D eigenvalue weighted by Gasteiger charge is -2.14. The second kappa shape index (κ2) is 7.37. The van der Waals surface area contributed by atoms with E-state index in [0.29, 0.717) is 5.56 Å². The van der Waals surface area contributed by atoms with Gasteiger partial charge in [-0.3, -0.25) is 4.79 Å². The number of hydrogen-bond acceptors (Lipinski definition) is 1. The predicted octanol–water partition coefficient (Wildman–Crippen LogP) is 6.04. The largest absolute Gasteiger partial charge is 0.366 e. The molecule has 0 bridgehead atoms. The fourth-order valence-electron chi connectivity index (χ4n) is 3.97. The normalized spacial score (nSPS) is 10.9. The van der Waals surface area contributed by atoms with E-state index >= 15 is 0 Å². The highest BCUT2D eigenvalue weighted by molar-refractivity contribution is 6.03. The Hall–Kier alpha value is -4.11. The van der Waals surface area contributed by atoms with Gasteiger partial charge in [0.25, 0.3) is 5.91 Å². The molecule has 0 radical (unpaired) electrons. The van der Waals surface area contributed by atoms with Gasteiger partial charge >= 0.3 is 0 Å². The van der Waals surface area contributed by atoms with Crippen LogP contribution in [-0.4, -0.2) is 10.3 Å². The van der Waals surface area contributed by atoms with Crippen molar-refractivity contribution in [1.29, 1.82) is 0 Å². The molecule has 0 saturated heterocycles. The molecule has 30 heavy (non-hydrogen) atoms. The van der Waals surface area contributed by atoms with Crippen LogP contribution in [0.3, 0.4) is 0 Å². The van der Waals surface area contributed by atoms with Gasteiger partial charge in [-0.25, -0.2) is 0 Å². The van der Waals surface area contributed by atoms with E-state index in [1.165, 1.54) is 0 Å². The number of carbonyl (C=O) groups is 1. The summed E-state index contributed by atoms with van der Waals surface area (Å²) >= 11 is 0. The molecule has 2 N–H and O–H groups in total. The van der Waals surface area contributed by atoms with Crippen LogP contribution in [-0.2, 0) is 0 Å². The van der Waals surface area contributed by atoms with E-state index in [9.17, 15) is 4.79 Å². The number of carbonyl (C=O) groups excluding carboxylic acids is 1. The van der Waals surface area contributed by atoms with Gasteiger partial charge in [-0.05, 0) is 40.5 Å². The van der Waals surface area contributed by atoms with Crippen molar-refractivity contribution in [2.45, 2.75) is 0 Å². The van der Waals surface area contributed by atoms with Crippen molar-refractivity contribution in [1.82, 2.24) is 4.40 Å². The highest BCUT2D eigenvalue weighted by Gasteiger charge is 2.19. The Kier molecular flexibility index (Phi) is 4.41. The van der Waals surface area contributed by atoms with Crippen LogP contribution in [0.25, 0.3) is 39.2 Å². The highest BCUT2D eigenvalue weighted by Crippen LogP contribution is 2.35. The zero-order valence-corrected chi connectivity index (χ0v) is 16.3. The van der Waals surface area contributed by atoms with Crippen molar-refractivity contribution >= 4 is 11.4 Å². The minimum Gasteiger partial charge on any atom is -0.366 e. The van der Waals surface area contributed by atoms with Gasteiger partial charge in [0.15, 0.2) is 0 Å². The van der Waals surface area contributed by atoms with E-state index in [1.54, 1.807) is 0 Å². The van der Waals surface area contributed by atoms with Crippen molar-refractivity contribution in [3.05, 3.63) is 115 Å². The molecule has 5 rings (SSSR count). The Labute approximate surface area is 175 Å². The summed E-state index contributed by atoms with van der Waals surface area (Å²) in [7, 11) is 0. The van der Waals surface area contributed by atoms with Crippen molar-refractivity contribution < 1.29 is 4.79 Å². The Bertz CT molecular complexity index is 1340. The first kappa shape index (κ1) is 18.0. The lowest BCUT2D eigenvalue weighted by molar-refractivity contribution is 0.100. The average molecular weight is 388 g/mol. The molecule has 3 nitrogen and oxygen atoms in total. The Morgan fingerprint density at radius 1 is 0.567 bits per heavy atom. The van der Waals surface area contributed by atoms with Gasteiger partial charge < -0.3 is 10.1 Å². The summed E-state index contributed by atoms with van der Waals surface area (Å²) in [6, 6.07) is 36.6. The molecule has 2 aromatic heterocycles. The first-order valence-corrected chi connectivity index (χ1v) is 9.88. The van der Waals surface area contributed by atoms with Crippen LogP contribution >= 0.6 is 0 Å². The number of rotatable bonds is 4. The number of hydrogen-bond donors (Lipinski definition) is 1. The lowest BCUT2D eigenvalue weighted by Crippen LogP contribution is -2.10. The van der Waals surface area contributed by atoms with Crippen LogP contribution in [0.1, 0.15) is 10.4 Å². The molecule has 0 unspecified atom stereocenters. The Morgan fingerprint density at radius 2 is 1.03 bits per heavy atom. The number of aromatic nitrogens is 1. The fraction of sp³-hybridized carbons (Fsp3) is 0. The third kappa shape index (κ3) is 3.07. The van der Waals surface area contributed by atoms with Gasteiger partial charge in [0.2, 0.25) is 0 Å². The van der Waals surface area contributed by atoms with E-state index in [4.69, 9.17) is 5.73 Å². The van der Waals surface area contributed by atoms with Crippen molar-refractivity contribution in [3.8, 4) is 33.6 Å². The maximum atomic E-state index is 12.4. The van der Waals surface area contributed by atoms with E-state index in [2.05, 4.69) is 34.7 Å². The Balaban J connectivity index is 1.91. The van der Waals surface area contributed by atoms with Crippen LogP contribution < -0.4 is 5.73 Å². The lowest BCUT2D eigenvalue weighted by atomic mass is 10.0. The summed E-state index contributed by atoms with van der Waals surface area (Å²) in [5.74, 6) is -0.432. The van der Waals surface area contributed by atoms with E-state index in [-0.39, 0.29) is 0 Å². The molecule has 0 aliphatic rings. The van der Waals surface area contributed by atoms with Crippen LogP contribution in [0, 0.1) is 0 Å². The second-order valence-corrected chi connectivity index (χ2v) is 7.26. The molecule has 144 valence electrons. The van der Waals surface area contributed by atoms with E-state index in [1.807, 2.05) is 78.9 Å². The van der Waals surface area contributed by atoms with Crippen LogP contribution in [0.15, 0.2) is 109 Å². The maximum absolute atomic E-state index is 12.4. The highest BCUT2D eigenvalue weighted by atomic mass is 16.1. The molecule has 0 aliphatic heterocycles. The molecule has 0 saturated carbocycles. The Morgan fingerprint density at radius 3 is 1.53 bits per heavy atom. The average Bonchev–Trinajstić information content (AvgIpc) is 3.20. The van der Waals surface area contributed by atoms with Crippen molar-refractivity contribution in [2.75, 3.05) is 0 Å². The predicted molar refractivity (Wildman–Crippen MR) is 122 cm³/mol. The van der Waals surface area contributed by atoms with Gasteiger partial charge in [0.1, 0.15) is 0 Å². The number of amides is 1. The zero-order valence-electron chi connectivity index (χ0n) is 16.3. The zero-order chi connectivity index (χ0) is 20.5. The summed E-state index contributed by atoms with van der Waals surface area (Å²) in [6.07, 6.45) is 0. The van der Waals surface area contributed by atoms with E-state index < -0.39 is 5.91 Å². The summed E-state index contributed by atoms with van der Waals surface area (Å²) < 4.78 is 2.14. The smallest absolute Gasteiger partial charge is 0.250 e. The number of nitrogens with two attached hydrogens (primary N) is 1. The third-order valence-electron chi connectivity index (χ3n) is 5.38.